The maximum absolute atomic E-state index is 7.60. The first-order valence-corrected chi connectivity index (χ1v) is 4.60. The predicted molar refractivity (Wildman–Crippen MR) is 55.1 cm³/mol. The lowest BCUT2D eigenvalue weighted by Gasteiger charge is -2.31. The number of guanidine groups is 2. The molecule has 1 fully saturated rings. The second kappa shape index (κ2) is 4.80. The lowest BCUT2D eigenvalue weighted by atomic mass is 10.1. The van der Waals surface area contributed by atoms with Gasteiger partial charge >= 0.3 is 0 Å². The van der Waals surface area contributed by atoms with Crippen LogP contribution in [-0.4, -0.2) is 43.1 Å². The van der Waals surface area contributed by atoms with Gasteiger partial charge in [-0.15, -0.1) is 0 Å². The third-order valence-corrected chi connectivity index (χ3v) is 2.31. The van der Waals surface area contributed by atoms with E-state index in [1.807, 2.05) is 7.05 Å². The van der Waals surface area contributed by atoms with Crippen LogP contribution in [0.4, 0.5) is 0 Å². The van der Waals surface area contributed by atoms with Crippen molar-refractivity contribution in [2.75, 3.05) is 20.3 Å². The van der Waals surface area contributed by atoms with E-state index in [0.717, 1.165) is 26.1 Å². The van der Waals surface area contributed by atoms with Crippen molar-refractivity contribution in [3.05, 3.63) is 0 Å². The van der Waals surface area contributed by atoms with Crippen LogP contribution in [0.25, 0.3) is 0 Å². The van der Waals surface area contributed by atoms with Crippen molar-refractivity contribution in [2.45, 2.75) is 18.9 Å². The second-order valence-corrected chi connectivity index (χ2v) is 3.31. The zero-order chi connectivity index (χ0) is 10.6. The Morgan fingerprint density at radius 1 is 1.43 bits per heavy atom. The molecule has 1 heterocycles. The van der Waals surface area contributed by atoms with Crippen molar-refractivity contribution in [3.8, 4) is 0 Å². The minimum atomic E-state index is -0.0751. The Hall–Kier alpha value is -1.30. The zero-order valence-electron chi connectivity index (χ0n) is 8.36. The van der Waals surface area contributed by atoms with Gasteiger partial charge in [-0.3, -0.25) is 5.41 Å². The van der Waals surface area contributed by atoms with E-state index in [1.54, 1.807) is 4.90 Å². The molecule has 1 saturated heterocycles. The van der Waals surface area contributed by atoms with E-state index in [0.29, 0.717) is 6.04 Å². The number of nitrogens with zero attached hydrogens (tertiary/aromatic N) is 2. The molecule has 0 atom stereocenters. The molecule has 5 N–H and O–H groups in total. The zero-order valence-corrected chi connectivity index (χ0v) is 8.36. The highest BCUT2D eigenvalue weighted by molar-refractivity contribution is 5.91. The van der Waals surface area contributed by atoms with Crippen molar-refractivity contribution in [2.24, 2.45) is 16.5 Å². The molecule has 0 aromatic rings. The average Bonchev–Trinajstić information content (AvgIpc) is 2.17. The van der Waals surface area contributed by atoms with Crippen molar-refractivity contribution in [1.29, 1.82) is 5.41 Å². The SMILES string of the molecule is CN(C(=N)N=C(N)N)C1CCOCC1. The first-order chi connectivity index (χ1) is 6.61. The summed E-state index contributed by atoms with van der Waals surface area (Å²) < 4.78 is 5.23. The molecule has 0 radical (unpaired) electrons. The van der Waals surface area contributed by atoms with Gasteiger partial charge in [0.1, 0.15) is 0 Å². The van der Waals surface area contributed by atoms with Gasteiger partial charge in [-0.1, -0.05) is 0 Å². The lowest BCUT2D eigenvalue weighted by Crippen LogP contribution is -2.40. The van der Waals surface area contributed by atoms with Crippen LogP contribution in [0.15, 0.2) is 4.99 Å². The van der Waals surface area contributed by atoms with Gasteiger partial charge in [0.2, 0.25) is 5.96 Å². The van der Waals surface area contributed by atoms with Gasteiger partial charge in [-0.2, -0.15) is 4.99 Å². The van der Waals surface area contributed by atoms with Crippen molar-refractivity contribution in [1.82, 2.24) is 4.90 Å². The van der Waals surface area contributed by atoms with Gasteiger partial charge in [0.25, 0.3) is 0 Å². The topological polar surface area (TPSA) is 101 Å². The number of hydrogen-bond donors (Lipinski definition) is 3. The van der Waals surface area contributed by atoms with Gasteiger partial charge in [0.05, 0.1) is 0 Å². The van der Waals surface area contributed by atoms with Crippen LogP contribution in [0.1, 0.15) is 12.8 Å². The Labute approximate surface area is 83.4 Å². The fraction of sp³-hybridized carbons (Fsp3) is 0.750. The number of nitrogens with one attached hydrogen (secondary N) is 1. The van der Waals surface area contributed by atoms with Gasteiger partial charge in [0, 0.05) is 26.3 Å². The van der Waals surface area contributed by atoms with Crippen LogP contribution in [0.2, 0.25) is 0 Å². The number of rotatable bonds is 1. The molecule has 0 aromatic carbocycles. The summed E-state index contributed by atoms with van der Waals surface area (Å²) in [4.78, 5) is 5.47. The maximum Gasteiger partial charge on any atom is 0.220 e. The normalized spacial score (nSPS) is 17.5. The summed E-state index contributed by atoms with van der Waals surface area (Å²) in [5.41, 5.74) is 10.4. The lowest BCUT2D eigenvalue weighted by molar-refractivity contribution is 0.0601. The smallest absolute Gasteiger partial charge is 0.220 e. The first-order valence-electron chi connectivity index (χ1n) is 4.60. The van der Waals surface area contributed by atoms with E-state index < -0.39 is 0 Å². The van der Waals surface area contributed by atoms with Crippen LogP contribution in [-0.2, 0) is 4.74 Å². The van der Waals surface area contributed by atoms with Crippen LogP contribution < -0.4 is 11.5 Å². The molecule has 80 valence electrons. The minimum absolute atomic E-state index is 0.0751. The second-order valence-electron chi connectivity index (χ2n) is 3.31. The third-order valence-electron chi connectivity index (χ3n) is 2.31. The Balaban J connectivity index is 2.50. The van der Waals surface area contributed by atoms with Gasteiger partial charge in [-0.25, -0.2) is 0 Å². The van der Waals surface area contributed by atoms with E-state index in [1.165, 1.54) is 0 Å². The summed E-state index contributed by atoms with van der Waals surface area (Å²) >= 11 is 0. The molecule has 1 aliphatic heterocycles. The molecular formula is C8H17N5O. The molecule has 0 spiro atoms. The monoisotopic (exact) mass is 199 g/mol. The highest BCUT2D eigenvalue weighted by Crippen LogP contribution is 2.12. The molecule has 1 aliphatic rings. The summed E-state index contributed by atoms with van der Waals surface area (Å²) in [5.74, 6) is 0.0332. The minimum Gasteiger partial charge on any atom is -0.381 e. The Bertz CT molecular complexity index is 230. The van der Waals surface area contributed by atoms with Crippen LogP contribution in [0, 0.1) is 5.41 Å². The summed E-state index contributed by atoms with van der Waals surface area (Å²) in [5, 5.41) is 7.60. The number of hydrogen-bond acceptors (Lipinski definition) is 2. The molecule has 0 aromatic heterocycles. The van der Waals surface area contributed by atoms with E-state index in [2.05, 4.69) is 4.99 Å². The summed E-state index contributed by atoms with van der Waals surface area (Å²) in [6.45, 7) is 1.48. The number of nitrogens with two attached hydrogens (primary N) is 2. The third kappa shape index (κ3) is 2.88. The van der Waals surface area contributed by atoms with Crippen LogP contribution in [0.5, 0.6) is 0 Å². The van der Waals surface area contributed by atoms with E-state index in [9.17, 15) is 0 Å². The number of aliphatic imine (C=N–C) groups is 1. The summed E-state index contributed by atoms with van der Waals surface area (Å²) in [6, 6.07) is 0.305. The van der Waals surface area contributed by atoms with E-state index in [-0.39, 0.29) is 11.9 Å². The van der Waals surface area contributed by atoms with Gasteiger partial charge in [-0.05, 0) is 12.8 Å². The molecule has 0 amide bonds. The summed E-state index contributed by atoms with van der Waals surface area (Å²) in [7, 11) is 1.82. The Morgan fingerprint density at radius 2 is 2.00 bits per heavy atom. The molecule has 14 heavy (non-hydrogen) atoms. The highest BCUT2D eigenvalue weighted by Gasteiger charge is 2.20. The molecule has 0 unspecified atom stereocenters. The fourth-order valence-corrected chi connectivity index (χ4v) is 1.45. The van der Waals surface area contributed by atoms with Crippen molar-refractivity contribution < 1.29 is 4.74 Å². The van der Waals surface area contributed by atoms with Crippen LogP contribution in [0.3, 0.4) is 0 Å². The Morgan fingerprint density at radius 3 is 2.50 bits per heavy atom. The van der Waals surface area contributed by atoms with Crippen molar-refractivity contribution >= 4 is 11.9 Å². The molecule has 6 heteroatoms. The van der Waals surface area contributed by atoms with E-state index >= 15 is 0 Å². The first kappa shape index (κ1) is 10.8. The standard InChI is InChI=1S/C8H17N5O/c1-13(8(11)12-7(9)10)6-2-4-14-5-3-6/h6H,2-5H2,1H3,(H5,9,10,11,12). The summed E-state index contributed by atoms with van der Waals surface area (Å²) in [6.07, 6.45) is 1.83. The molecule has 0 aliphatic carbocycles. The molecule has 1 rings (SSSR count). The number of ether oxygens (including phenoxy) is 1. The van der Waals surface area contributed by atoms with Gasteiger partial charge in [0.15, 0.2) is 5.96 Å². The van der Waals surface area contributed by atoms with E-state index in [4.69, 9.17) is 21.6 Å². The highest BCUT2D eigenvalue weighted by atomic mass is 16.5. The predicted octanol–water partition coefficient (Wildman–Crippen LogP) is -0.695. The molecular weight excluding hydrogens is 182 g/mol. The molecule has 0 saturated carbocycles. The van der Waals surface area contributed by atoms with Gasteiger partial charge < -0.3 is 21.1 Å². The molecule has 0 bridgehead atoms. The molecule has 6 nitrogen and oxygen atoms in total. The quantitative estimate of drug-likeness (QED) is 0.384. The maximum atomic E-state index is 7.60. The fourth-order valence-electron chi connectivity index (χ4n) is 1.45. The largest absolute Gasteiger partial charge is 0.381 e. The van der Waals surface area contributed by atoms with Crippen LogP contribution >= 0.6 is 0 Å². The van der Waals surface area contributed by atoms with Crippen molar-refractivity contribution in [3.63, 3.8) is 0 Å². The Kier molecular flexibility index (Phi) is 3.70. The average molecular weight is 199 g/mol.